The number of oxime groups is 1. The predicted octanol–water partition coefficient (Wildman–Crippen LogP) is 2.08. The van der Waals surface area contributed by atoms with Crippen molar-refractivity contribution in [3.63, 3.8) is 0 Å². The second-order valence-corrected chi connectivity index (χ2v) is 5.05. The highest BCUT2D eigenvalue weighted by Gasteiger charge is 2.12. The molecule has 19 heavy (non-hydrogen) atoms. The highest BCUT2D eigenvalue weighted by molar-refractivity contribution is 5.82. The number of nitrogens with one attached hydrogen (secondary N) is 1. The Bertz CT molecular complexity index is 424. The van der Waals surface area contributed by atoms with Gasteiger partial charge in [0.2, 0.25) is 0 Å². The summed E-state index contributed by atoms with van der Waals surface area (Å²) in [7, 11) is 0. The summed E-state index contributed by atoms with van der Waals surface area (Å²) in [6.07, 6.45) is 2.58. The largest absolute Gasteiger partial charge is 0.409 e. The van der Waals surface area contributed by atoms with Gasteiger partial charge >= 0.3 is 0 Å². The molecular weight excluding hydrogens is 240 g/mol. The molecule has 2 rings (SSSR count). The summed E-state index contributed by atoms with van der Waals surface area (Å²) in [5.74, 6) is 0.254. The van der Waals surface area contributed by atoms with Crippen LogP contribution < -0.4 is 16.0 Å². The Balaban J connectivity index is 1.88. The van der Waals surface area contributed by atoms with Crippen LogP contribution in [0.4, 0.5) is 11.4 Å². The molecular formula is C14H22N4O. The molecule has 5 heteroatoms. The number of rotatable bonds is 5. The van der Waals surface area contributed by atoms with Gasteiger partial charge in [-0.3, -0.25) is 0 Å². The number of anilines is 2. The fourth-order valence-electron chi connectivity index (χ4n) is 2.24. The van der Waals surface area contributed by atoms with E-state index in [0.29, 0.717) is 6.54 Å². The summed E-state index contributed by atoms with van der Waals surface area (Å²) in [4.78, 5) is 2.41. The maximum Gasteiger partial charge on any atom is 0.143 e. The second-order valence-electron chi connectivity index (χ2n) is 5.05. The van der Waals surface area contributed by atoms with Crippen LogP contribution in [-0.2, 0) is 0 Å². The van der Waals surface area contributed by atoms with E-state index in [1.807, 2.05) is 6.92 Å². The monoisotopic (exact) mass is 262 g/mol. The summed E-state index contributed by atoms with van der Waals surface area (Å²) in [5.41, 5.74) is 7.88. The van der Waals surface area contributed by atoms with Gasteiger partial charge in [-0.2, -0.15) is 0 Å². The van der Waals surface area contributed by atoms with Gasteiger partial charge in [0.05, 0.1) is 0 Å². The first-order valence-electron chi connectivity index (χ1n) is 6.77. The maximum atomic E-state index is 8.59. The zero-order valence-electron chi connectivity index (χ0n) is 11.3. The summed E-state index contributed by atoms with van der Waals surface area (Å²) < 4.78 is 0. The molecule has 1 atom stereocenters. The van der Waals surface area contributed by atoms with Crippen molar-refractivity contribution < 1.29 is 5.21 Å². The topological polar surface area (TPSA) is 73.9 Å². The summed E-state index contributed by atoms with van der Waals surface area (Å²) in [6, 6.07) is 8.43. The molecule has 1 aliphatic rings. The Labute approximate surface area is 114 Å². The molecule has 5 nitrogen and oxygen atoms in total. The predicted molar refractivity (Wildman–Crippen MR) is 79.0 cm³/mol. The van der Waals surface area contributed by atoms with Crippen molar-refractivity contribution in [3.8, 4) is 0 Å². The lowest BCUT2D eigenvalue weighted by Gasteiger charge is -2.18. The van der Waals surface area contributed by atoms with E-state index >= 15 is 0 Å². The molecule has 1 unspecified atom stereocenters. The van der Waals surface area contributed by atoms with Gasteiger partial charge in [-0.15, -0.1) is 0 Å². The number of amidine groups is 1. The molecule has 0 bridgehead atoms. The Kier molecular flexibility index (Phi) is 4.49. The third-order valence-electron chi connectivity index (χ3n) is 3.57. The van der Waals surface area contributed by atoms with Gasteiger partial charge in [0.25, 0.3) is 0 Å². The Morgan fingerprint density at radius 1 is 1.37 bits per heavy atom. The van der Waals surface area contributed by atoms with Crippen LogP contribution in [0.15, 0.2) is 29.4 Å². The molecule has 1 saturated heterocycles. The van der Waals surface area contributed by atoms with Crippen molar-refractivity contribution in [1.29, 1.82) is 0 Å². The number of benzene rings is 1. The van der Waals surface area contributed by atoms with Crippen molar-refractivity contribution in [2.45, 2.75) is 19.8 Å². The number of hydrogen-bond acceptors (Lipinski definition) is 4. The first-order valence-corrected chi connectivity index (χ1v) is 6.77. The van der Waals surface area contributed by atoms with E-state index in [1.165, 1.54) is 18.5 Å². The minimum absolute atomic E-state index is 0.00302. The lowest BCUT2D eigenvalue weighted by atomic mass is 10.1. The smallest absolute Gasteiger partial charge is 0.143 e. The van der Waals surface area contributed by atoms with Gasteiger partial charge < -0.3 is 21.2 Å². The highest BCUT2D eigenvalue weighted by Crippen LogP contribution is 2.22. The van der Waals surface area contributed by atoms with Gasteiger partial charge in [0, 0.05) is 36.9 Å². The van der Waals surface area contributed by atoms with E-state index in [-0.39, 0.29) is 11.8 Å². The molecule has 0 aliphatic carbocycles. The van der Waals surface area contributed by atoms with E-state index in [4.69, 9.17) is 10.9 Å². The fourth-order valence-corrected chi connectivity index (χ4v) is 2.24. The average Bonchev–Trinajstić information content (AvgIpc) is 2.98. The van der Waals surface area contributed by atoms with Crippen molar-refractivity contribution in [2.24, 2.45) is 16.8 Å². The van der Waals surface area contributed by atoms with E-state index in [9.17, 15) is 0 Å². The summed E-state index contributed by atoms with van der Waals surface area (Å²) in [6.45, 7) is 4.89. The molecule has 0 aromatic heterocycles. The third kappa shape index (κ3) is 3.53. The quantitative estimate of drug-likeness (QED) is 0.329. The van der Waals surface area contributed by atoms with Gasteiger partial charge in [0.15, 0.2) is 0 Å². The lowest BCUT2D eigenvalue weighted by Crippen LogP contribution is -2.27. The van der Waals surface area contributed by atoms with E-state index in [1.54, 1.807) is 0 Å². The van der Waals surface area contributed by atoms with E-state index < -0.39 is 0 Å². The van der Waals surface area contributed by atoms with Crippen LogP contribution in [-0.4, -0.2) is 30.7 Å². The standard InChI is InChI=1S/C14H22N4O/c1-11(14(15)17-19)10-16-12-4-6-13(7-5-12)18-8-2-3-9-18/h4-7,11,16,19H,2-3,8-10H2,1H3,(H2,15,17). The van der Waals surface area contributed by atoms with Crippen molar-refractivity contribution in [1.82, 2.24) is 0 Å². The number of nitrogens with two attached hydrogens (primary N) is 1. The minimum atomic E-state index is 0.00302. The van der Waals surface area contributed by atoms with Crippen LogP contribution in [0.3, 0.4) is 0 Å². The van der Waals surface area contributed by atoms with Crippen LogP contribution in [0.1, 0.15) is 19.8 Å². The molecule has 1 aromatic carbocycles. The first kappa shape index (κ1) is 13.5. The first-order chi connectivity index (χ1) is 9.20. The molecule has 1 heterocycles. The second kappa shape index (κ2) is 6.31. The zero-order valence-corrected chi connectivity index (χ0v) is 11.3. The maximum absolute atomic E-state index is 8.59. The van der Waals surface area contributed by atoms with Gasteiger partial charge in [0.1, 0.15) is 5.84 Å². The Hall–Kier alpha value is -1.91. The van der Waals surface area contributed by atoms with Crippen molar-refractivity contribution in [3.05, 3.63) is 24.3 Å². The van der Waals surface area contributed by atoms with Gasteiger partial charge in [-0.25, -0.2) is 0 Å². The molecule has 0 saturated carbocycles. The molecule has 0 amide bonds. The Morgan fingerprint density at radius 3 is 2.58 bits per heavy atom. The molecule has 1 aromatic rings. The molecule has 104 valence electrons. The highest BCUT2D eigenvalue weighted by atomic mass is 16.4. The van der Waals surface area contributed by atoms with Crippen LogP contribution in [0.2, 0.25) is 0 Å². The zero-order chi connectivity index (χ0) is 13.7. The third-order valence-corrected chi connectivity index (χ3v) is 3.57. The number of hydrogen-bond donors (Lipinski definition) is 3. The van der Waals surface area contributed by atoms with E-state index in [2.05, 4.69) is 39.6 Å². The molecule has 0 radical (unpaired) electrons. The molecule has 4 N–H and O–H groups in total. The molecule has 0 spiro atoms. The fraction of sp³-hybridized carbons (Fsp3) is 0.500. The van der Waals surface area contributed by atoms with Crippen LogP contribution in [0, 0.1) is 5.92 Å². The van der Waals surface area contributed by atoms with Crippen molar-refractivity contribution >= 4 is 17.2 Å². The minimum Gasteiger partial charge on any atom is -0.409 e. The number of nitrogens with zero attached hydrogens (tertiary/aromatic N) is 2. The van der Waals surface area contributed by atoms with Gasteiger partial charge in [-0.05, 0) is 37.1 Å². The van der Waals surface area contributed by atoms with Crippen LogP contribution >= 0.6 is 0 Å². The van der Waals surface area contributed by atoms with Crippen molar-refractivity contribution in [2.75, 3.05) is 29.9 Å². The summed E-state index contributed by atoms with van der Waals surface area (Å²) in [5, 5.41) is 14.9. The average molecular weight is 262 g/mol. The SMILES string of the molecule is CC(CNc1ccc(N2CCCC2)cc1)C(N)=NO. The molecule has 1 aliphatic heterocycles. The van der Waals surface area contributed by atoms with Gasteiger partial charge in [-0.1, -0.05) is 12.1 Å². The molecule has 1 fully saturated rings. The van der Waals surface area contributed by atoms with E-state index in [0.717, 1.165) is 18.8 Å². The van der Waals surface area contributed by atoms with Crippen LogP contribution in [0.25, 0.3) is 0 Å². The normalized spacial score (nSPS) is 17.5. The van der Waals surface area contributed by atoms with Crippen LogP contribution in [0.5, 0.6) is 0 Å². The Morgan fingerprint density at radius 2 is 2.00 bits per heavy atom. The lowest BCUT2D eigenvalue weighted by molar-refractivity contribution is 0.315. The summed E-state index contributed by atoms with van der Waals surface area (Å²) >= 11 is 0.